The first-order chi connectivity index (χ1) is 13.1. The molecule has 7 heteroatoms. The van der Waals surface area contributed by atoms with E-state index in [1.807, 2.05) is 4.57 Å². The van der Waals surface area contributed by atoms with Crippen LogP contribution < -0.4 is 5.32 Å². The number of carbonyl (C=O) groups is 1. The fourth-order valence-corrected chi connectivity index (χ4v) is 4.48. The lowest BCUT2D eigenvalue weighted by molar-refractivity contribution is -0.119. The molecule has 1 N–H and O–H groups in total. The largest absolute Gasteiger partial charge is 0.353 e. The van der Waals surface area contributed by atoms with E-state index in [1.165, 1.54) is 30.7 Å². The molecule has 0 spiro atoms. The average molecular weight is 389 g/mol. The molecule has 4 rings (SSSR count). The Hall–Kier alpha value is -1.89. The fraction of sp³-hybridized carbons (Fsp3) is 0.550. The molecule has 2 fully saturated rings. The number of thioether (sulfide) groups is 1. The highest BCUT2D eigenvalue weighted by Gasteiger charge is 2.31. The van der Waals surface area contributed by atoms with Gasteiger partial charge in [0, 0.05) is 12.1 Å². The Bertz CT molecular complexity index is 812. The van der Waals surface area contributed by atoms with Crippen molar-refractivity contribution in [2.45, 2.75) is 62.7 Å². The van der Waals surface area contributed by atoms with Crippen LogP contribution in [0.4, 0.5) is 4.39 Å². The molecule has 2 aliphatic carbocycles. The number of amides is 1. The van der Waals surface area contributed by atoms with Crippen LogP contribution in [0.25, 0.3) is 11.4 Å². The van der Waals surface area contributed by atoms with Crippen LogP contribution in [0.1, 0.15) is 51.5 Å². The third-order valence-electron chi connectivity index (χ3n) is 5.40. The Balaban J connectivity index is 1.42. The summed E-state index contributed by atoms with van der Waals surface area (Å²) in [5.41, 5.74) is 0.463. The normalized spacial score (nSPS) is 22.6. The predicted octanol–water partition coefficient (Wildman–Crippen LogP) is 4.21. The molecule has 0 aliphatic heterocycles. The standard InChI is InChI=1S/C20H25FN4OS/c1-13-6-8-14(9-7-13)22-18(26)12-27-20-24-23-19(25(20)15-10-11-15)16-4-2-3-5-17(16)21/h2-5,13-15H,6-12H2,1H3,(H,22,26). The zero-order valence-electron chi connectivity index (χ0n) is 15.5. The first kappa shape index (κ1) is 18.5. The van der Waals surface area contributed by atoms with Crippen molar-refractivity contribution in [3.05, 3.63) is 30.1 Å². The topological polar surface area (TPSA) is 59.8 Å². The van der Waals surface area contributed by atoms with Crippen molar-refractivity contribution < 1.29 is 9.18 Å². The van der Waals surface area contributed by atoms with Crippen molar-refractivity contribution in [3.63, 3.8) is 0 Å². The minimum absolute atomic E-state index is 0.0392. The zero-order valence-corrected chi connectivity index (χ0v) is 16.3. The maximum atomic E-state index is 14.2. The van der Waals surface area contributed by atoms with Gasteiger partial charge in [0.15, 0.2) is 11.0 Å². The Kier molecular flexibility index (Phi) is 5.48. The zero-order chi connectivity index (χ0) is 18.8. The minimum Gasteiger partial charge on any atom is -0.353 e. The number of halogens is 1. The highest BCUT2D eigenvalue weighted by atomic mass is 32.2. The number of hydrogen-bond donors (Lipinski definition) is 1. The SMILES string of the molecule is CC1CCC(NC(=O)CSc2nnc(-c3ccccc3F)n2C2CC2)CC1. The van der Waals surface area contributed by atoms with E-state index < -0.39 is 0 Å². The molecule has 5 nitrogen and oxygen atoms in total. The van der Waals surface area contributed by atoms with E-state index in [2.05, 4.69) is 22.4 Å². The van der Waals surface area contributed by atoms with Gasteiger partial charge in [-0.1, -0.05) is 30.8 Å². The van der Waals surface area contributed by atoms with Crippen LogP contribution in [0.15, 0.2) is 29.4 Å². The number of nitrogens with one attached hydrogen (secondary N) is 1. The monoisotopic (exact) mass is 388 g/mol. The summed E-state index contributed by atoms with van der Waals surface area (Å²) in [6.45, 7) is 2.27. The van der Waals surface area contributed by atoms with Gasteiger partial charge in [-0.2, -0.15) is 0 Å². The third-order valence-corrected chi connectivity index (χ3v) is 6.35. The Labute approximate surface area is 163 Å². The summed E-state index contributed by atoms with van der Waals surface area (Å²) in [4.78, 5) is 12.3. The molecule has 1 heterocycles. The predicted molar refractivity (Wildman–Crippen MR) is 104 cm³/mol. The van der Waals surface area contributed by atoms with Crippen LogP contribution in [0.3, 0.4) is 0 Å². The quantitative estimate of drug-likeness (QED) is 0.753. The fourth-order valence-electron chi connectivity index (χ4n) is 3.67. The highest BCUT2D eigenvalue weighted by Crippen LogP contribution is 2.41. The van der Waals surface area contributed by atoms with E-state index in [0.29, 0.717) is 34.4 Å². The van der Waals surface area contributed by atoms with E-state index in [0.717, 1.165) is 31.6 Å². The van der Waals surface area contributed by atoms with Gasteiger partial charge in [0.2, 0.25) is 5.91 Å². The third kappa shape index (κ3) is 4.34. The van der Waals surface area contributed by atoms with Crippen molar-refractivity contribution in [3.8, 4) is 11.4 Å². The van der Waals surface area contributed by atoms with Gasteiger partial charge in [-0.25, -0.2) is 4.39 Å². The maximum absolute atomic E-state index is 14.2. The Morgan fingerprint density at radius 1 is 1.19 bits per heavy atom. The van der Waals surface area contributed by atoms with Gasteiger partial charge >= 0.3 is 0 Å². The van der Waals surface area contributed by atoms with Crippen LogP contribution in [-0.2, 0) is 4.79 Å². The second-order valence-corrected chi connectivity index (χ2v) is 8.64. The van der Waals surface area contributed by atoms with E-state index in [9.17, 15) is 9.18 Å². The molecule has 144 valence electrons. The number of aromatic nitrogens is 3. The summed E-state index contributed by atoms with van der Waals surface area (Å²) >= 11 is 1.39. The lowest BCUT2D eigenvalue weighted by Crippen LogP contribution is -2.38. The first-order valence-electron chi connectivity index (χ1n) is 9.73. The molecule has 0 saturated heterocycles. The van der Waals surface area contributed by atoms with Gasteiger partial charge in [-0.3, -0.25) is 9.36 Å². The van der Waals surface area contributed by atoms with Crippen molar-refractivity contribution in [1.29, 1.82) is 0 Å². The van der Waals surface area contributed by atoms with Crippen LogP contribution in [0.5, 0.6) is 0 Å². The molecule has 0 radical (unpaired) electrons. The van der Waals surface area contributed by atoms with Crippen LogP contribution in [0, 0.1) is 11.7 Å². The summed E-state index contributed by atoms with van der Waals surface area (Å²) in [5.74, 6) is 1.37. The molecule has 2 saturated carbocycles. The van der Waals surface area contributed by atoms with Gasteiger partial charge in [0.25, 0.3) is 0 Å². The molecule has 2 aromatic rings. The van der Waals surface area contributed by atoms with Crippen molar-refractivity contribution in [1.82, 2.24) is 20.1 Å². The highest BCUT2D eigenvalue weighted by molar-refractivity contribution is 7.99. The summed E-state index contributed by atoms with van der Waals surface area (Å²) in [5, 5.41) is 12.3. The van der Waals surface area contributed by atoms with Crippen LogP contribution in [-0.4, -0.2) is 32.5 Å². The van der Waals surface area contributed by atoms with Gasteiger partial charge in [-0.05, 0) is 56.6 Å². The molecule has 1 aromatic carbocycles. The number of hydrogen-bond acceptors (Lipinski definition) is 4. The average Bonchev–Trinajstić information content (AvgIpc) is 3.42. The van der Waals surface area contributed by atoms with Gasteiger partial charge < -0.3 is 5.32 Å². The summed E-state index contributed by atoms with van der Waals surface area (Å²) in [6.07, 6.45) is 6.57. The van der Waals surface area contributed by atoms with Gasteiger partial charge in [-0.15, -0.1) is 10.2 Å². The Morgan fingerprint density at radius 2 is 1.93 bits per heavy atom. The lowest BCUT2D eigenvalue weighted by Gasteiger charge is -2.26. The second kappa shape index (κ2) is 8.00. The van der Waals surface area contributed by atoms with Gasteiger partial charge in [0.05, 0.1) is 11.3 Å². The second-order valence-electron chi connectivity index (χ2n) is 7.70. The summed E-state index contributed by atoms with van der Waals surface area (Å²) in [7, 11) is 0. The van der Waals surface area contributed by atoms with Crippen molar-refractivity contribution >= 4 is 17.7 Å². The maximum Gasteiger partial charge on any atom is 0.230 e. The van der Waals surface area contributed by atoms with E-state index in [1.54, 1.807) is 18.2 Å². The van der Waals surface area contributed by atoms with Crippen LogP contribution >= 0.6 is 11.8 Å². The van der Waals surface area contributed by atoms with Crippen LogP contribution in [0.2, 0.25) is 0 Å². The summed E-state index contributed by atoms with van der Waals surface area (Å²) in [6, 6.07) is 7.23. The molecule has 0 bridgehead atoms. The van der Waals surface area contributed by atoms with E-state index >= 15 is 0 Å². The number of nitrogens with zero attached hydrogens (tertiary/aromatic N) is 3. The smallest absolute Gasteiger partial charge is 0.230 e. The summed E-state index contributed by atoms with van der Waals surface area (Å²) < 4.78 is 16.2. The molecule has 0 atom stereocenters. The molecule has 0 unspecified atom stereocenters. The van der Waals surface area contributed by atoms with E-state index in [4.69, 9.17) is 0 Å². The molecule has 2 aliphatic rings. The molecule has 27 heavy (non-hydrogen) atoms. The number of carbonyl (C=O) groups excluding carboxylic acids is 1. The molecular formula is C20H25FN4OS. The van der Waals surface area contributed by atoms with E-state index in [-0.39, 0.29) is 11.7 Å². The minimum atomic E-state index is -0.299. The Morgan fingerprint density at radius 3 is 2.63 bits per heavy atom. The van der Waals surface area contributed by atoms with Crippen molar-refractivity contribution in [2.75, 3.05) is 5.75 Å². The lowest BCUT2D eigenvalue weighted by atomic mass is 9.87. The molecule has 1 amide bonds. The van der Waals surface area contributed by atoms with Crippen molar-refractivity contribution in [2.24, 2.45) is 5.92 Å². The molecular weight excluding hydrogens is 363 g/mol. The first-order valence-corrected chi connectivity index (χ1v) is 10.7. The number of benzene rings is 1. The number of rotatable bonds is 6. The molecule has 1 aromatic heterocycles. The van der Waals surface area contributed by atoms with Gasteiger partial charge in [0.1, 0.15) is 5.82 Å².